The smallest absolute Gasteiger partial charge is 0.144 e. The highest BCUT2D eigenvalue weighted by atomic mass is 19.1. The molecule has 2 fully saturated rings. The van der Waals surface area contributed by atoms with Gasteiger partial charge in [-0.1, -0.05) is 0 Å². The lowest BCUT2D eigenvalue weighted by Gasteiger charge is -2.21. The number of piperidine rings is 1. The Hall–Kier alpha value is -3.85. The van der Waals surface area contributed by atoms with Crippen LogP contribution in [0.1, 0.15) is 11.4 Å². The molecule has 2 unspecified atom stereocenters. The van der Waals surface area contributed by atoms with Gasteiger partial charge in [-0.15, -0.1) is 0 Å². The zero-order chi connectivity index (χ0) is 23.0. The Bertz CT molecular complexity index is 1580. The van der Waals surface area contributed by atoms with E-state index in [1.807, 2.05) is 24.4 Å². The Kier molecular flexibility index (Phi) is 4.08. The number of nitrogens with one attached hydrogen (secondary N) is 2. The van der Waals surface area contributed by atoms with E-state index in [0.29, 0.717) is 35.4 Å². The summed E-state index contributed by atoms with van der Waals surface area (Å²) >= 11 is 0. The first-order valence-electron chi connectivity index (χ1n) is 11.5. The Morgan fingerprint density at radius 1 is 1.15 bits per heavy atom. The molecule has 7 rings (SSSR count). The maximum atomic E-state index is 14.5. The number of benzene rings is 1. The van der Waals surface area contributed by atoms with Crippen molar-refractivity contribution in [1.29, 1.82) is 0 Å². The zero-order valence-corrected chi connectivity index (χ0v) is 18.6. The number of halogens is 1. The molecule has 4 aromatic heterocycles. The monoisotopic (exact) mass is 454 g/mol. The van der Waals surface area contributed by atoms with E-state index in [1.54, 1.807) is 19.3 Å². The molecule has 170 valence electrons. The van der Waals surface area contributed by atoms with Crippen molar-refractivity contribution in [2.24, 2.45) is 17.6 Å². The molecule has 9 heteroatoms. The molecule has 8 nitrogen and oxygen atoms in total. The van der Waals surface area contributed by atoms with E-state index in [9.17, 15) is 4.39 Å². The standard InChI is InChI=1S/C25H23FN8/c1-28-19-8-13(26)7-14-21-24(33-23(14)19)31-20(32-25(21)34-10-15-16(11-34)22(15)27)6-12-5-18-17(30-9-12)3-2-4-29-18/h2-5,7-9,15-16,22,28H,6,10-11,27H2,1H3,(H,31,32,33). The van der Waals surface area contributed by atoms with Crippen LogP contribution in [0.25, 0.3) is 33.0 Å². The van der Waals surface area contributed by atoms with Crippen LogP contribution >= 0.6 is 0 Å². The second-order valence-corrected chi connectivity index (χ2v) is 9.31. The first-order valence-corrected chi connectivity index (χ1v) is 11.5. The van der Waals surface area contributed by atoms with Gasteiger partial charge in [-0.3, -0.25) is 9.97 Å². The molecule has 0 spiro atoms. The zero-order valence-electron chi connectivity index (χ0n) is 18.6. The van der Waals surface area contributed by atoms with Gasteiger partial charge in [0.25, 0.3) is 0 Å². The Labute approximate surface area is 194 Å². The second-order valence-electron chi connectivity index (χ2n) is 9.31. The van der Waals surface area contributed by atoms with Crippen molar-refractivity contribution in [1.82, 2.24) is 24.9 Å². The number of rotatable bonds is 4. The fourth-order valence-corrected chi connectivity index (χ4v) is 5.41. The molecule has 1 aliphatic carbocycles. The Balaban J connectivity index is 1.39. The van der Waals surface area contributed by atoms with E-state index in [2.05, 4.69) is 25.2 Å². The number of aromatic nitrogens is 5. The lowest BCUT2D eigenvalue weighted by molar-refractivity contribution is 0.630. The predicted octanol–water partition coefficient (Wildman–Crippen LogP) is 3.22. The lowest BCUT2D eigenvalue weighted by atomic mass is 10.1. The number of anilines is 2. The van der Waals surface area contributed by atoms with Crippen LogP contribution in [0.15, 0.2) is 42.7 Å². The van der Waals surface area contributed by atoms with Crippen molar-refractivity contribution in [2.75, 3.05) is 30.4 Å². The van der Waals surface area contributed by atoms with Crippen LogP contribution in [0, 0.1) is 17.7 Å². The molecular formula is C25H23FN8. The molecule has 1 saturated carbocycles. The van der Waals surface area contributed by atoms with E-state index >= 15 is 0 Å². The first-order chi connectivity index (χ1) is 16.6. The molecule has 5 heterocycles. The minimum absolute atomic E-state index is 0.278. The highest BCUT2D eigenvalue weighted by molar-refractivity contribution is 6.14. The summed E-state index contributed by atoms with van der Waals surface area (Å²) in [5.41, 5.74) is 11.1. The summed E-state index contributed by atoms with van der Waals surface area (Å²) in [6.07, 6.45) is 4.13. The van der Waals surface area contributed by atoms with E-state index in [-0.39, 0.29) is 11.9 Å². The highest BCUT2D eigenvalue weighted by Gasteiger charge is 2.54. The topological polar surface area (TPSA) is 109 Å². The first kappa shape index (κ1) is 19.6. The normalized spacial score (nSPS) is 21.5. The molecule has 2 aliphatic rings. The minimum atomic E-state index is -0.297. The maximum absolute atomic E-state index is 14.5. The van der Waals surface area contributed by atoms with Crippen molar-refractivity contribution in [3.63, 3.8) is 0 Å². The van der Waals surface area contributed by atoms with E-state index < -0.39 is 0 Å². The van der Waals surface area contributed by atoms with Crippen LogP contribution in [0.2, 0.25) is 0 Å². The summed E-state index contributed by atoms with van der Waals surface area (Å²) in [5, 5.41) is 4.72. The number of fused-ring (bicyclic) bond motifs is 5. The van der Waals surface area contributed by atoms with Crippen molar-refractivity contribution < 1.29 is 4.39 Å². The summed E-state index contributed by atoms with van der Waals surface area (Å²) < 4.78 is 14.5. The molecule has 0 bridgehead atoms. The Morgan fingerprint density at radius 2 is 2.00 bits per heavy atom. The SMILES string of the molecule is CNc1cc(F)cc2c1[nH]c1nc(Cc3cnc4cccnc4c3)nc(N3CC4C(N)C4C3)c12. The molecule has 5 aromatic rings. The van der Waals surface area contributed by atoms with Gasteiger partial charge in [-0.25, -0.2) is 14.4 Å². The fraction of sp³-hybridized carbons (Fsp3) is 0.280. The van der Waals surface area contributed by atoms with Gasteiger partial charge in [0.1, 0.15) is 23.1 Å². The van der Waals surface area contributed by atoms with Gasteiger partial charge in [0.15, 0.2) is 0 Å². The summed E-state index contributed by atoms with van der Waals surface area (Å²) in [6.45, 7) is 1.72. The quantitative estimate of drug-likeness (QED) is 0.383. The van der Waals surface area contributed by atoms with Gasteiger partial charge < -0.3 is 20.9 Å². The van der Waals surface area contributed by atoms with Crippen LogP contribution in [0.3, 0.4) is 0 Å². The molecule has 0 radical (unpaired) electrons. The molecule has 0 amide bonds. The van der Waals surface area contributed by atoms with Crippen LogP contribution in [0.4, 0.5) is 15.9 Å². The molecule has 1 aliphatic heterocycles. The lowest BCUT2D eigenvalue weighted by Crippen LogP contribution is -2.29. The van der Waals surface area contributed by atoms with E-state index in [4.69, 9.17) is 15.7 Å². The van der Waals surface area contributed by atoms with Crippen LogP contribution < -0.4 is 16.0 Å². The third kappa shape index (κ3) is 2.93. The van der Waals surface area contributed by atoms with Gasteiger partial charge >= 0.3 is 0 Å². The maximum Gasteiger partial charge on any atom is 0.144 e. The number of aromatic amines is 1. The third-order valence-corrected chi connectivity index (χ3v) is 7.25. The van der Waals surface area contributed by atoms with Crippen molar-refractivity contribution in [3.8, 4) is 0 Å². The van der Waals surface area contributed by atoms with Gasteiger partial charge in [0.2, 0.25) is 0 Å². The van der Waals surface area contributed by atoms with E-state index in [0.717, 1.165) is 51.8 Å². The van der Waals surface area contributed by atoms with Crippen molar-refractivity contribution in [3.05, 3.63) is 59.9 Å². The summed E-state index contributed by atoms with van der Waals surface area (Å²) in [5.74, 6) is 2.22. The predicted molar refractivity (Wildman–Crippen MR) is 130 cm³/mol. The largest absolute Gasteiger partial charge is 0.386 e. The van der Waals surface area contributed by atoms with Gasteiger partial charge in [-0.2, -0.15) is 0 Å². The summed E-state index contributed by atoms with van der Waals surface area (Å²) in [6, 6.07) is 9.18. The Morgan fingerprint density at radius 3 is 2.82 bits per heavy atom. The van der Waals surface area contributed by atoms with Crippen LogP contribution in [-0.2, 0) is 6.42 Å². The summed E-state index contributed by atoms with van der Waals surface area (Å²) in [4.78, 5) is 24.5. The fourth-order valence-electron chi connectivity index (χ4n) is 5.41. The van der Waals surface area contributed by atoms with Crippen LogP contribution in [-0.4, -0.2) is 51.1 Å². The molecule has 1 saturated heterocycles. The summed E-state index contributed by atoms with van der Waals surface area (Å²) in [7, 11) is 1.79. The average Bonchev–Trinajstić information content (AvgIpc) is 3.19. The number of H-pyrrole nitrogens is 1. The molecule has 1 aromatic carbocycles. The van der Waals surface area contributed by atoms with Gasteiger partial charge in [-0.05, 0) is 47.7 Å². The molecule has 34 heavy (non-hydrogen) atoms. The number of nitrogens with two attached hydrogens (primary N) is 1. The van der Waals surface area contributed by atoms with Crippen LogP contribution in [0.5, 0.6) is 0 Å². The molecule has 2 atom stereocenters. The minimum Gasteiger partial charge on any atom is -0.386 e. The second kappa shape index (κ2) is 7.07. The molecular weight excluding hydrogens is 431 g/mol. The third-order valence-electron chi connectivity index (χ3n) is 7.25. The van der Waals surface area contributed by atoms with Gasteiger partial charge in [0, 0.05) is 50.4 Å². The number of hydrogen-bond acceptors (Lipinski definition) is 7. The molecule has 4 N–H and O–H groups in total. The highest BCUT2D eigenvalue weighted by Crippen LogP contribution is 2.47. The number of nitrogens with zero attached hydrogens (tertiary/aromatic N) is 5. The van der Waals surface area contributed by atoms with E-state index in [1.165, 1.54) is 6.07 Å². The number of hydrogen-bond donors (Lipinski definition) is 3. The van der Waals surface area contributed by atoms with Gasteiger partial charge in [0.05, 0.1) is 27.6 Å². The van der Waals surface area contributed by atoms with Crippen molar-refractivity contribution in [2.45, 2.75) is 12.5 Å². The average molecular weight is 455 g/mol. The van der Waals surface area contributed by atoms with Crippen molar-refractivity contribution >= 4 is 44.5 Å². The number of pyridine rings is 2.